The van der Waals surface area contributed by atoms with E-state index in [0.29, 0.717) is 27.5 Å². The number of hydrogen-bond donors (Lipinski definition) is 2. The maximum absolute atomic E-state index is 13.3. The topological polar surface area (TPSA) is 95.6 Å². The molecule has 0 aliphatic carbocycles. The number of rotatable bonds is 8. The number of imide groups is 1. The highest BCUT2D eigenvalue weighted by atomic mass is 127. The van der Waals surface area contributed by atoms with Gasteiger partial charge in [0, 0.05) is 31.2 Å². The van der Waals surface area contributed by atoms with Gasteiger partial charge in [-0.05, 0) is 107 Å². The molecule has 0 saturated carbocycles. The third kappa shape index (κ3) is 7.28. The molecular formula is C32H23ClIN3O4S. The number of nitrogens with zero attached hydrogens (tertiary/aromatic N) is 1. The molecule has 2 N–H and O–H groups in total. The van der Waals surface area contributed by atoms with Gasteiger partial charge in [0.2, 0.25) is 11.8 Å². The van der Waals surface area contributed by atoms with E-state index in [0.717, 1.165) is 8.47 Å². The highest BCUT2D eigenvalue weighted by Gasteiger charge is 2.40. The summed E-state index contributed by atoms with van der Waals surface area (Å²) in [7, 11) is 0. The number of nitrogens with one attached hydrogen (secondary N) is 2. The van der Waals surface area contributed by atoms with Gasteiger partial charge in [0.25, 0.3) is 11.8 Å². The van der Waals surface area contributed by atoms with Crippen molar-refractivity contribution in [3.05, 3.63) is 129 Å². The molecule has 0 radical (unpaired) electrons. The molecule has 5 rings (SSSR count). The van der Waals surface area contributed by atoms with Crippen LogP contribution >= 0.6 is 46.0 Å². The third-order valence-electron chi connectivity index (χ3n) is 6.27. The first kappa shape index (κ1) is 29.6. The predicted octanol–water partition coefficient (Wildman–Crippen LogP) is 6.78. The van der Waals surface area contributed by atoms with Gasteiger partial charge in [-0.2, -0.15) is 0 Å². The van der Waals surface area contributed by atoms with Gasteiger partial charge in [0.15, 0.2) is 0 Å². The van der Waals surface area contributed by atoms with Crippen LogP contribution in [0.1, 0.15) is 22.3 Å². The van der Waals surface area contributed by atoms with Gasteiger partial charge in [-0.3, -0.25) is 19.2 Å². The molecule has 1 unspecified atom stereocenters. The molecule has 1 aliphatic heterocycles. The molecule has 210 valence electrons. The fourth-order valence-electron chi connectivity index (χ4n) is 4.24. The lowest BCUT2D eigenvalue weighted by molar-refractivity contribution is -0.121. The highest BCUT2D eigenvalue weighted by Crippen LogP contribution is 2.34. The van der Waals surface area contributed by atoms with E-state index in [2.05, 4.69) is 33.2 Å². The van der Waals surface area contributed by atoms with E-state index in [4.69, 9.17) is 11.6 Å². The molecule has 7 nitrogen and oxygen atoms in total. The Morgan fingerprint density at radius 1 is 0.905 bits per heavy atom. The van der Waals surface area contributed by atoms with Crippen molar-refractivity contribution < 1.29 is 19.2 Å². The zero-order chi connectivity index (χ0) is 29.6. The van der Waals surface area contributed by atoms with Crippen molar-refractivity contribution in [1.82, 2.24) is 5.32 Å². The van der Waals surface area contributed by atoms with E-state index in [-0.39, 0.29) is 23.9 Å². The summed E-state index contributed by atoms with van der Waals surface area (Å²) in [4.78, 5) is 53.8. The van der Waals surface area contributed by atoms with Crippen molar-refractivity contribution in [2.45, 2.75) is 16.6 Å². The Hall–Kier alpha value is -3.93. The SMILES string of the molecule is O=C(Nc1ccc(SC2CC(=O)N(c3ccc(I)cc3)C2=O)cc1)/C(=C/c1cccc(Cl)c1)NC(=O)c1ccccc1. The highest BCUT2D eigenvalue weighted by molar-refractivity contribution is 14.1. The Morgan fingerprint density at radius 3 is 2.31 bits per heavy atom. The van der Waals surface area contributed by atoms with Crippen molar-refractivity contribution in [3.63, 3.8) is 0 Å². The average molecular weight is 708 g/mol. The summed E-state index contributed by atoms with van der Waals surface area (Å²) in [5.74, 6) is -1.45. The minimum absolute atomic E-state index is 0.0373. The Kier molecular flexibility index (Phi) is 9.41. The molecule has 10 heteroatoms. The molecule has 1 saturated heterocycles. The summed E-state index contributed by atoms with van der Waals surface area (Å²) in [5, 5.41) is 5.46. The van der Waals surface area contributed by atoms with Crippen LogP contribution in [0, 0.1) is 3.57 Å². The number of amides is 4. The molecule has 4 aromatic carbocycles. The van der Waals surface area contributed by atoms with E-state index < -0.39 is 17.1 Å². The number of hydrogen-bond acceptors (Lipinski definition) is 5. The van der Waals surface area contributed by atoms with Gasteiger partial charge in [0.05, 0.1) is 10.9 Å². The standard InChI is InChI=1S/C32H23ClIN3O4S/c33-22-8-4-5-20(17-22)18-27(36-30(39)21-6-2-1-3-7-21)31(40)35-24-11-15-26(16-12-24)42-28-19-29(38)37(32(28)41)25-13-9-23(34)10-14-25/h1-18,28H,19H2,(H,35,40)(H,36,39)/b27-18-. The molecule has 42 heavy (non-hydrogen) atoms. The van der Waals surface area contributed by atoms with Gasteiger partial charge < -0.3 is 10.6 Å². The Morgan fingerprint density at radius 2 is 1.62 bits per heavy atom. The molecule has 0 bridgehead atoms. The van der Waals surface area contributed by atoms with E-state index in [1.54, 1.807) is 97.1 Å². The quantitative estimate of drug-likeness (QED) is 0.120. The molecule has 0 spiro atoms. The Labute approximate surface area is 265 Å². The van der Waals surface area contributed by atoms with Gasteiger partial charge >= 0.3 is 0 Å². The summed E-state index contributed by atoms with van der Waals surface area (Å²) in [5.41, 5.74) is 2.14. The average Bonchev–Trinajstić information content (AvgIpc) is 3.26. The van der Waals surface area contributed by atoms with Crippen molar-refractivity contribution in [3.8, 4) is 0 Å². The number of thioether (sulfide) groups is 1. The smallest absolute Gasteiger partial charge is 0.272 e. The lowest BCUT2D eigenvalue weighted by Gasteiger charge is -2.15. The predicted molar refractivity (Wildman–Crippen MR) is 174 cm³/mol. The number of halogens is 2. The van der Waals surface area contributed by atoms with Crippen LogP contribution in [-0.2, 0) is 14.4 Å². The molecule has 1 atom stereocenters. The van der Waals surface area contributed by atoms with Crippen LogP contribution in [-0.4, -0.2) is 28.9 Å². The molecule has 1 aliphatic rings. The second-order valence-corrected chi connectivity index (χ2v) is 12.2. The number of carbonyl (C=O) groups is 4. The second-order valence-electron chi connectivity index (χ2n) is 9.27. The minimum atomic E-state index is -0.544. The fourth-order valence-corrected chi connectivity index (χ4v) is 5.85. The Balaban J connectivity index is 1.28. The third-order valence-corrected chi connectivity index (χ3v) is 8.42. The van der Waals surface area contributed by atoms with Crippen molar-refractivity contribution in [1.29, 1.82) is 0 Å². The molecule has 0 aromatic heterocycles. The number of carbonyl (C=O) groups excluding carboxylic acids is 4. The second kappa shape index (κ2) is 13.4. The van der Waals surface area contributed by atoms with Gasteiger partial charge in [-0.25, -0.2) is 4.90 Å². The zero-order valence-corrected chi connectivity index (χ0v) is 25.7. The lowest BCUT2D eigenvalue weighted by atomic mass is 10.1. The van der Waals surface area contributed by atoms with Crippen molar-refractivity contribution >= 4 is 87.0 Å². The summed E-state index contributed by atoms with van der Waals surface area (Å²) in [6, 6.07) is 29.7. The molecule has 1 heterocycles. The lowest BCUT2D eigenvalue weighted by Crippen LogP contribution is -2.31. The van der Waals surface area contributed by atoms with Crippen LogP contribution in [0.4, 0.5) is 11.4 Å². The van der Waals surface area contributed by atoms with Gasteiger partial charge in [-0.1, -0.05) is 41.9 Å². The van der Waals surface area contributed by atoms with E-state index in [9.17, 15) is 19.2 Å². The summed E-state index contributed by atoms with van der Waals surface area (Å²) < 4.78 is 1.01. The summed E-state index contributed by atoms with van der Waals surface area (Å²) in [6.45, 7) is 0. The zero-order valence-electron chi connectivity index (χ0n) is 21.9. The van der Waals surface area contributed by atoms with Crippen LogP contribution in [0.15, 0.2) is 114 Å². The molecular weight excluding hydrogens is 685 g/mol. The van der Waals surface area contributed by atoms with Gasteiger partial charge in [0.1, 0.15) is 5.70 Å². The monoisotopic (exact) mass is 707 g/mol. The van der Waals surface area contributed by atoms with Gasteiger partial charge in [-0.15, -0.1) is 11.8 Å². The number of anilines is 2. The first-order valence-corrected chi connectivity index (χ1v) is 15.1. The first-order valence-electron chi connectivity index (χ1n) is 12.8. The number of benzene rings is 4. The van der Waals surface area contributed by atoms with Crippen molar-refractivity contribution in [2.75, 3.05) is 10.2 Å². The summed E-state index contributed by atoms with van der Waals surface area (Å²) >= 11 is 9.59. The minimum Gasteiger partial charge on any atom is -0.321 e. The molecule has 4 aromatic rings. The summed E-state index contributed by atoms with van der Waals surface area (Å²) in [6.07, 6.45) is 1.65. The molecule has 1 fully saturated rings. The molecule has 4 amide bonds. The maximum Gasteiger partial charge on any atom is 0.272 e. The van der Waals surface area contributed by atoms with Crippen LogP contribution < -0.4 is 15.5 Å². The van der Waals surface area contributed by atoms with Crippen LogP contribution in [0.2, 0.25) is 5.02 Å². The van der Waals surface area contributed by atoms with Crippen LogP contribution in [0.3, 0.4) is 0 Å². The van der Waals surface area contributed by atoms with E-state index in [1.807, 2.05) is 12.1 Å². The van der Waals surface area contributed by atoms with Crippen molar-refractivity contribution in [2.24, 2.45) is 0 Å². The first-order chi connectivity index (χ1) is 20.3. The Bertz CT molecular complexity index is 1680. The normalized spacial score (nSPS) is 15.0. The largest absolute Gasteiger partial charge is 0.321 e. The van der Waals surface area contributed by atoms with E-state index >= 15 is 0 Å². The van der Waals surface area contributed by atoms with Crippen LogP contribution in [0.5, 0.6) is 0 Å². The fraction of sp³-hybridized carbons (Fsp3) is 0.0625. The van der Waals surface area contributed by atoms with E-state index in [1.165, 1.54) is 16.7 Å². The maximum atomic E-state index is 13.3. The van der Waals surface area contributed by atoms with Crippen LogP contribution in [0.25, 0.3) is 6.08 Å².